The molecule has 0 spiro atoms. The summed E-state index contributed by atoms with van der Waals surface area (Å²) < 4.78 is 68.5. The molecular weight excluding hydrogens is 1350 g/mol. The summed E-state index contributed by atoms with van der Waals surface area (Å²) in [5, 5.41) is 10.6. The van der Waals surface area contributed by atoms with Crippen molar-refractivity contribution in [3.8, 4) is 0 Å². The lowest BCUT2D eigenvalue weighted by molar-refractivity contribution is -0.161. The molecule has 5 atom stereocenters. The Labute approximate surface area is 629 Å². The lowest BCUT2D eigenvalue weighted by Gasteiger charge is -2.21. The number of allylic oxidation sites excluding steroid dienone is 26. The maximum atomic E-state index is 13.1. The standard InChI is InChI=1S/C85H140O17P2/c1-5-9-13-17-21-25-29-33-35-37-39-41-43-47-49-53-57-61-65-69-82(87)95-75-80(101-84(89)71-67-63-59-55-51-45-31-27-23-19-15-11-7-3)77-99-103(91,92)97-73-79(86)74-98-104(93,94)100-78-81(102-85(90)72-68-64-60-56-52-46-32-28-24-20-16-12-8-4)76-96-83(88)70-66-62-58-54-50-48-44-42-40-38-36-34-30-26-22-18-14-10-6-2/h9-10,13-15,19,21-22,25-28,31-36,39-42,47-50,79-81,86H,5-8,11-12,16-18,20,23-24,29-30,37-38,43-46,51-78H2,1-4H3,(H,91,92)(H,93,94)/b13-9-,14-10-,19-15-,25-21-,26-22-,31-27-,32-28-,35-33-,36-34-,41-39-,42-40-,49-47-,50-48-. The number of aliphatic hydroxyl groups excluding tert-OH is 1. The molecule has 0 heterocycles. The van der Waals surface area contributed by atoms with Gasteiger partial charge >= 0.3 is 39.5 Å². The monoisotopic (exact) mass is 1490 g/mol. The number of phosphoric ester groups is 2. The molecule has 19 heteroatoms. The molecule has 3 N–H and O–H groups in total. The quantitative estimate of drug-likeness (QED) is 0.0169. The summed E-state index contributed by atoms with van der Waals surface area (Å²) in [6.45, 7) is 4.45. The highest BCUT2D eigenvalue weighted by Crippen LogP contribution is 2.45. The average Bonchev–Trinajstić information content (AvgIpc) is 0.913. The van der Waals surface area contributed by atoms with Crippen molar-refractivity contribution in [1.82, 2.24) is 0 Å². The first-order chi connectivity index (χ1) is 50.7. The van der Waals surface area contributed by atoms with Gasteiger partial charge in [0.25, 0.3) is 0 Å². The molecule has 0 aliphatic carbocycles. The largest absolute Gasteiger partial charge is 0.472 e. The van der Waals surface area contributed by atoms with Crippen LogP contribution in [0.5, 0.6) is 0 Å². The average molecular weight is 1500 g/mol. The van der Waals surface area contributed by atoms with Crippen LogP contribution in [-0.2, 0) is 65.4 Å². The Morgan fingerprint density at radius 3 is 0.827 bits per heavy atom. The van der Waals surface area contributed by atoms with Crippen molar-refractivity contribution in [3.63, 3.8) is 0 Å². The van der Waals surface area contributed by atoms with E-state index in [0.29, 0.717) is 25.7 Å². The minimum Gasteiger partial charge on any atom is -0.462 e. The molecule has 104 heavy (non-hydrogen) atoms. The fraction of sp³-hybridized carbons (Fsp3) is 0.647. The van der Waals surface area contributed by atoms with Crippen LogP contribution in [0, 0.1) is 0 Å². The highest BCUT2D eigenvalue weighted by atomic mass is 31.2. The van der Waals surface area contributed by atoms with E-state index in [9.17, 15) is 43.2 Å². The third-order valence-corrected chi connectivity index (χ3v) is 17.8. The number of rotatable bonds is 73. The summed E-state index contributed by atoms with van der Waals surface area (Å²) in [5.74, 6) is -2.28. The summed E-state index contributed by atoms with van der Waals surface area (Å²) in [4.78, 5) is 73.0. The smallest absolute Gasteiger partial charge is 0.462 e. The third kappa shape index (κ3) is 74.9. The third-order valence-electron chi connectivity index (χ3n) is 15.9. The van der Waals surface area contributed by atoms with Gasteiger partial charge < -0.3 is 33.8 Å². The van der Waals surface area contributed by atoms with Crippen LogP contribution in [0.1, 0.15) is 297 Å². The van der Waals surface area contributed by atoms with E-state index < -0.39 is 97.5 Å². The van der Waals surface area contributed by atoms with Crippen molar-refractivity contribution in [2.45, 2.75) is 316 Å². The number of hydrogen-bond donors (Lipinski definition) is 3. The number of carbonyl (C=O) groups excluding carboxylic acids is 4. The number of esters is 4. The number of aliphatic hydroxyl groups is 1. The maximum absolute atomic E-state index is 13.1. The molecule has 0 saturated heterocycles. The zero-order valence-corrected chi connectivity index (χ0v) is 66.4. The Balaban J connectivity index is 5.41. The van der Waals surface area contributed by atoms with E-state index in [-0.39, 0.29) is 25.7 Å². The zero-order valence-electron chi connectivity index (χ0n) is 64.6. The Bertz CT molecular complexity index is 2590. The molecule has 0 radical (unpaired) electrons. The topological polar surface area (TPSA) is 237 Å². The molecule has 0 rings (SSSR count). The predicted octanol–water partition coefficient (Wildman–Crippen LogP) is 23.2. The lowest BCUT2D eigenvalue weighted by Crippen LogP contribution is -2.30. The summed E-state index contributed by atoms with van der Waals surface area (Å²) in [6, 6.07) is 0. The second kappa shape index (κ2) is 75.9. The minimum atomic E-state index is -5.00. The number of phosphoric acid groups is 2. The molecule has 0 aliphatic rings. The van der Waals surface area contributed by atoms with Gasteiger partial charge in [0.05, 0.1) is 26.4 Å². The van der Waals surface area contributed by atoms with Crippen LogP contribution in [0.25, 0.3) is 0 Å². The lowest BCUT2D eigenvalue weighted by atomic mass is 10.1. The molecule has 0 aromatic heterocycles. The Kier molecular flexibility index (Phi) is 72.0. The van der Waals surface area contributed by atoms with E-state index in [1.807, 2.05) is 0 Å². The van der Waals surface area contributed by atoms with Gasteiger partial charge in [-0.3, -0.25) is 37.3 Å². The number of unbranched alkanes of at least 4 members (excludes halogenated alkanes) is 21. The van der Waals surface area contributed by atoms with Gasteiger partial charge in [-0.2, -0.15) is 0 Å². The fourth-order valence-corrected chi connectivity index (χ4v) is 11.5. The second-order valence-corrected chi connectivity index (χ2v) is 28.8. The molecule has 5 unspecified atom stereocenters. The highest BCUT2D eigenvalue weighted by molar-refractivity contribution is 7.47. The number of ether oxygens (including phenoxy) is 4. The van der Waals surface area contributed by atoms with Crippen molar-refractivity contribution in [2.75, 3.05) is 39.6 Å². The molecule has 0 aliphatic heterocycles. The zero-order chi connectivity index (χ0) is 76.0. The van der Waals surface area contributed by atoms with Crippen LogP contribution in [-0.4, -0.2) is 96.7 Å². The number of carbonyl (C=O) groups is 4. The molecule has 0 aromatic rings. The van der Waals surface area contributed by atoms with Gasteiger partial charge in [-0.15, -0.1) is 0 Å². The van der Waals surface area contributed by atoms with Crippen LogP contribution >= 0.6 is 15.6 Å². The van der Waals surface area contributed by atoms with Gasteiger partial charge in [0.2, 0.25) is 0 Å². The SMILES string of the molecule is CC/C=C\C/C=C\C/C=C\C/C=C\C/C=C\CCCCCC(=O)OCC(COP(=O)(O)OCC(O)COP(=O)(O)OCC(COC(=O)CCCCC/C=C\C/C=C\C/C=C\C/C=C\C/C=C\CC)OC(=O)CCCCCCC/C=C\CCCCCC)OC(=O)CCCCCCC/C=C\C/C=C\CCC. The van der Waals surface area contributed by atoms with Crippen molar-refractivity contribution in [3.05, 3.63) is 158 Å². The van der Waals surface area contributed by atoms with Crippen LogP contribution < -0.4 is 0 Å². The van der Waals surface area contributed by atoms with Crippen LogP contribution in [0.2, 0.25) is 0 Å². The van der Waals surface area contributed by atoms with Crippen LogP contribution in [0.4, 0.5) is 0 Å². The molecule has 592 valence electrons. The van der Waals surface area contributed by atoms with E-state index in [4.69, 9.17) is 37.0 Å². The summed E-state index contributed by atoms with van der Waals surface area (Å²) >= 11 is 0. The van der Waals surface area contributed by atoms with Crippen molar-refractivity contribution < 1.29 is 80.2 Å². The predicted molar refractivity (Wildman–Crippen MR) is 427 cm³/mol. The molecule has 0 amide bonds. The normalized spacial score (nSPS) is 14.7. The summed E-state index contributed by atoms with van der Waals surface area (Å²) in [7, 11) is -9.99. The highest BCUT2D eigenvalue weighted by Gasteiger charge is 2.30. The van der Waals surface area contributed by atoms with Gasteiger partial charge in [0.15, 0.2) is 12.2 Å². The van der Waals surface area contributed by atoms with E-state index in [2.05, 4.69) is 186 Å². The van der Waals surface area contributed by atoms with Gasteiger partial charge in [-0.05, 0) is 167 Å². The first kappa shape index (κ1) is 98.7. The van der Waals surface area contributed by atoms with Gasteiger partial charge in [-0.25, -0.2) is 9.13 Å². The van der Waals surface area contributed by atoms with E-state index in [0.717, 1.165) is 193 Å². The van der Waals surface area contributed by atoms with Crippen molar-refractivity contribution >= 4 is 39.5 Å². The maximum Gasteiger partial charge on any atom is 0.472 e. The molecule has 17 nitrogen and oxygen atoms in total. The molecule has 0 saturated carbocycles. The van der Waals surface area contributed by atoms with E-state index in [1.165, 1.54) is 25.7 Å². The minimum absolute atomic E-state index is 0.0654. The van der Waals surface area contributed by atoms with Crippen LogP contribution in [0.15, 0.2) is 158 Å². The molecule has 0 bridgehead atoms. The Morgan fingerprint density at radius 2 is 0.519 bits per heavy atom. The van der Waals surface area contributed by atoms with E-state index >= 15 is 0 Å². The molecule has 0 fully saturated rings. The number of hydrogen-bond acceptors (Lipinski definition) is 15. The van der Waals surface area contributed by atoms with Gasteiger partial charge in [0, 0.05) is 25.7 Å². The second-order valence-electron chi connectivity index (χ2n) is 25.9. The van der Waals surface area contributed by atoms with E-state index in [1.54, 1.807) is 0 Å². The molecular formula is C85H140O17P2. The fourth-order valence-electron chi connectivity index (χ4n) is 9.95. The van der Waals surface area contributed by atoms with Crippen molar-refractivity contribution in [1.29, 1.82) is 0 Å². The van der Waals surface area contributed by atoms with Crippen molar-refractivity contribution in [2.24, 2.45) is 0 Å². The summed E-state index contributed by atoms with van der Waals surface area (Å²) in [5.41, 5.74) is 0. The van der Waals surface area contributed by atoms with Gasteiger partial charge in [-0.1, -0.05) is 263 Å². The molecule has 0 aromatic carbocycles. The van der Waals surface area contributed by atoms with Crippen LogP contribution in [0.3, 0.4) is 0 Å². The first-order valence-corrected chi connectivity index (χ1v) is 42.7. The van der Waals surface area contributed by atoms with Gasteiger partial charge in [0.1, 0.15) is 19.3 Å². The Morgan fingerprint density at radius 1 is 0.279 bits per heavy atom. The first-order valence-electron chi connectivity index (χ1n) is 39.7. The Hall–Kier alpha value is -5.32. The summed E-state index contributed by atoms with van der Waals surface area (Å²) in [6.07, 6.45) is 88.0.